The van der Waals surface area contributed by atoms with Crippen molar-refractivity contribution in [2.75, 3.05) is 6.54 Å². The summed E-state index contributed by atoms with van der Waals surface area (Å²) in [4.78, 5) is 39.4. The summed E-state index contributed by atoms with van der Waals surface area (Å²) in [5, 5.41) is 48.0. The van der Waals surface area contributed by atoms with Crippen LogP contribution in [0, 0.1) is 0 Å². The van der Waals surface area contributed by atoms with Crippen LogP contribution < -0.4 is 10.6 Å². The number of carbonyl (C=O) groups is 3. The van der Waals surface area contributed by atoms with E-state index in [2.05, 4.69) is 15.6 Å². The number of carboxylic acid groups (broad SMARTS) is 2. The first kappa shape index (κ1) is 29.2. The van der Waals surface area contributed by atoms with E-state index in [4.69, 9.17) is 9.47 Å². The summed E-state index contributed by atoms with van der Waals surface area (Å²) in [5.74, 6) is -5.54. The molecular weight excluding hydrogens is 522 g/mol. The predicted octanol–water partition coefficient (Wildman–Crippen LogP) is 0.766. The average molecular weight is 556 g/mol. The Bertz CT molecular complexity index is 1330. The number of rotatable bonds is 12. The third-order valence-electron chi connectivity index (χ3n) is 6.93. The van der Waals surface area contributed by atoms with Gasteiger partial charge in [0.25, 0.3) is 5.79 Å². The molecule has 40 heavy (non-hydrogen) atoms. The second-order valence-corrected chi connectivity index (χ2v) is 9.84. The first-order chi connectivity index (χ1) is 19.1. The Morgan fingerprint density at radius 3 is 2.50 bits per heavy atom. The van der Waals surface area contributed by atoms with E-state index < -0.39 is 60.4 Å². The first-order valence-electron chi connectivity index (χ1n) is 12.8. The summed E-state index contributed by atoms with van der Waals surface area (Å²) in [7, 11) is 0. The Hall–Kier alpha value is -3.81. The van der Waals surface area contributed by atoms with Gasteiger partial charge in [0.05, 0.1) is 24.9 Å². The van der Waals surface area contributed by atoms with Gasteiger partial charge in [0.2, 0.25) is 5.91 Å². The second kappa shape index (κ2) is 12.6. The lowest BCUT2D eigenvalue weighted by Gasteiger charge is -2.46. The SMILES string of the molecule is CC(=O)N[C@@H]1C(O)C[C@](OCc2ccccc2)(C(=O)O)OC1[C@H](O)CNC(Cc1c[nH]c2ccccc12)C(=O)O. The van der Waals surface area contributed by atoms with Crippen molar-refractivity contribution in [2.45, 2.75) is 62.6 Å². The van der Waals surface area contributed by atoms with Crippen LogP contribution in [-0.4, -0.2) is 86.0 Å². The Morgan fingerprint density at radius 2 is 1.82 bits per heavy atom. The van der Waals surface area contributed by atoms with E-state index in [1.165, 1.54) is 6.92 Å². The minimum atomic E-state index is -2.33. The number of amides is 1. The molecule has 0 spiro atoms. The van der Waals surface area contributed by atoms with Crippen LogP contribution in [0.2, 0.25) is 0 Å². The maximum atomic E-state index is 12.4. The molecule has 0 saturated carbocycles. The van der Waals surface area contributed by atoms with Crippen molar-refractivity contribution >= 4 is 28.7 Å². The van der Waals surface area contributed by atoms with Gasteiger partial charge in [-0.05, 0) is 17.2 Å². The Balaban J connectivity index is 1.51. The van der Waals surface area contributed by atoms with E-state index in [9.17, 15) is 34.8 Å². The number of carbonyl (C=O) groups excluding carboxylic acids is 1. The molecule has 1 aliphatic heterocycles. The van der Waals surface area contributed by atoms with E-state index in [0.717, 1.165) is 16.5 Å². The number of carboxylic acids is 2. The first-order valence-corrected chi connectivity index (χ1v) is 12.8. The van der Waals surface area contributed by atoms with Crippen molar-refractivity contribution in [2.24, 2.45) is 0 Å². The van der Waals surface area contributed by atoms with Crippen LogP contribution in [0.25, 0.3) is 10.9 Å². The molecule has 3 unspecified atom stereocenters. The number of H-pyrrole nitrogens is 1. The molecule has 0 bridgehead atoms. The van der Waals surface area contributed by atoms with Gasteiger partial charge in [0, 0.05) is 43.4 Å². The molecule has 12 heteroatoms. The topological polar surface area (TPSA) is 190 Å². The van der Waals surface area contributed by atoms with E-state index in [1.807, 2.05) is 24.3 Å². The molecule has 214 valence electrons. The highest BCUT2D eigenvalue weighted by Gasteiger charge is 2.55. The Kier molecular flexibility index (Phi) is 9.17. The number of ether oxygens (including phenoxy) is 2. The van der Waals surface area contributed by atoms with Crippen LogP contribution in [0.4, 0.5) is 0 Å². The zero-order chi connectivity index (χ0) is 28.9. The van der Waals surface area contributed by atoms with Crippen LogP contribution >= 0.6 is 0 Å². The molecule has 0 radical (unpaired) electrons. The molecule has 0 aliphatic carbocycles. The van der Waals surface area contributed by atoms with E-state index >= 15 is 0 Å². The number of aliphatic hydroxyl groups excluding tert-OH is 2. The molecule has 1 fully saturated rings. The van der Waals surface area contributed by atoms with Crippen LogP contribution in [0.15, 0.2) is 60.8 Å². The van der Waals surface area contributed by atoms with Crippen molar-refractivity contribution in [1.29, 1.82) is 0 Å². The van der Waals surface area contributed by atoms with E-state index in [1.54, 1.807) is 36.5 Å². The quantitative estimate of drug-likeness (QED) is 0.168. The molecule has 7 N–H and O–H groups in total. The highest BCUT2D eigenvalue weighted by molar-refractivity contribution is 5.84. The number of aliphatic carboxylic acids is 2. The average Bonchev–Trinajstić information content (AvgIpc) is 3.33. The predicted molar refractivity (Wildman–Crippen MR) is 142 cm³/mol. The summed E-state index contributed by atoms with van der Waals surface area (Å²) in [5.41, 5.74) is 2.26. The summed E-state index contributed by atoms with van der Waals surface area (Å²) < 4.78 is 11.5. The molecule has 4 rings (SSSR count). The van der Waals surface area contributed by atoms with Gasteiger partial charge in [0.15, 0.2) is 0 Å². The van der Waals surface area contributed by atoms with Crippen molar-refractivity contribution in [3.8, 4) is 0 Å². The van der Waals surface area contributed by atoms with Crippen LogP contribution in [0.1, 0.15) is 24.5 Å². The summed E-state index contributed by atoms with van der Waals surface area (Å²) >= 11 is 0. The van der Waals surface area contributed by atoms with E-state index in [0.29, 0.717) is 5.56 Å². The van der Waals surface area contributed by atoms with Gasteiger partial charge < -0.3 is 45.5 Å². The molecule has 12 nitrogen and oxygen atoms in total. The third-order valence-corrected chi connectivity index (χ3v) is 6.93. The van der Waals surface area contributed by atoms with Gasteiger partial charge in [-0.3, -0.25) is 9.59 Å². The van der Waals surface area contributed by atoms with Gasteiger partial charge in [-0.15, -0.1) is 0 Å². The smallest absolute Gasteiger partial charge is 0.364 e. The maximum absolute atomic E-state index is 12.4. The number of hydrogen-bond acceptors (Lipinski definition) is 8. The van der Waals surface area contributed by atoms with Crippen LogP contribution in [0.5, 0.6) is 0 Å². The van der Waals surface area contributed by atoms with Crippen molar-refractivity contribution in [3.63, 3.8) is 0 Å². The number of aliphatic hydroxyl groups is 2. The van der Waals surface area contributed by atoms with Gasteiger partial charge >= 0.3 is 11.9 Å². The van der Waals surface area contributed by atoms with Gasteiger partial charge in [0.1, 0.15) is 12.1 Å². The molecule has 1 amide bonds. The monoisotopic (exact) mass is 555 g/mol. The van der Waals surface area contributed by atoms with Crippen LogP contribution in [0.3, 0.4) is 0 Å². The number of fused-ring (bicyclic) bond motifs is 1. The maximum Gasteiger partial charge on any atom is 0.364 e. The fourth-order valence-electron chi connectivity index (χ4n) is 4.91. The zero-order valence-electron chi connectivity index (χ0n) is 21.8. The lowest BCUT2D eigenvalue weighted by atomic mass is 9.89. The molecule has 3 aromatic rings. The molecule has 1 aliphatic rings. The normalized spacial score (nSPS) is 24.3. The van der Waals surface area contributed by atoms with Gasteiger partial charge in [-0.2, -0.15) is 0 Å². The Labute approximate surface area is 229 Å². The van der Waals surface area contributed by atoms with Crippen molar-refractivity contribution in [3.05, 3.63) is 71.9 Å². The number of benzene rings is 2. The number of aromatic nitrogens is 1. The standard InChI is InChI=1S/C28H33N3O9/c1-16(32)31-24-22(33)12-28(27(37)38,39-15-17-7-3-2-4-8-17)40-25(24)23(34)14-30-21(26(35)36)11-18-13-29-20-10-6-5-9-19(18)20/h2-10,13,21-25,29-30,33-34H,11-12,14-15H2,1H3,(H,31,32)(H,35,36)(H,37,38)/t21?,22?,23-,24-,25?,28-/m1/s1. The minimum absolute atomic E-state index is 0.0919. The Morgan fingerprint density at radius 1 is 1.12 bits per heavy atom. The van der Waals surface area contributed by atoms with Crippen molar-refractivity contribution < 1.29 is 44.3 Å². The lowest BCUT2D eigenvalue weighted by Crippen LogP contribution is -2.67. The summed E-state index contributed by atoms with van der Waals surface area (Å²) in [6, 6.07) is 13.9. The molecule has 2 aromatic carbocycles. The van der Waals surface area contributed by atoms with Gasteiger partial charge in [-0.25, -0.2) is 4.79 Å². The third kappa shape index (κ3) is 6.66. The molecule has 1 aromatic heterocycles. The summed E-state index contributed by atoms with van der Waals surface area (Å²) in [6.45, 7) is 0.708. The summed E-state index contributed by atoms with van der Waals surface area (Å²) in [6.07, 6.45) is -3.14. The molecule has 2 heterocycles. The molecule has 6 atom stereocenters. The molecule has 1 saturated heterocycles. The minimum Gasteiger partial charge on any atom is -0.480 e. The number of para-hydroxylation sites is 1. The molecular formula is C28H33N3O9. The fourth-order valence-corrected chi connectivity index (χ4v) is 4.91. The van der Waals surface area contributed by atoms with E-state index in [-0.39, 0.29) is 19.6 Å². The lowest BCUT2D eigenvalue weighted by molar-refractivity contribution is -0.309. The fraction of sp³-hybridized carbons (Fsp3) is 0.393. The zero-order valence-corrected chi connectivity index (χ0v) is 21.8. The highest BCUT2D eigenvalue weighted by Crippen LogP contribution is 2.33. The van der Waals surface area contributed by atoms with Crippen molar-refractivity contribution in [1.82, 2.24) is 15.6 Å². The highest BCUT2D eigenvalue weighted by atomic mass is 16.7. The number of hydrogen-bond donors (Lipinski definition) is 7. The number of nitrogens with one attached hydrogen (secondary N) is 3. The second-order valence-electron chi connectivity index (χ2n) is 9.84. The van der Waals surface area contributed by atoms with Gasteiger partial charge in [-0.1, -0.05) is 48.5 Å². The van der Waals surface area contributed by atoms with Crippen LogP contribution in [-0.2, 0) is 36.9 Å². The largest absolute Gasteiger partial charge is 0.480 e. The number of aromatic amines is 1.